The Kier molecular flexibility index (Phi) is 6.73. The lowest BCUT2D eigenvalue weighted by Crippen LogP contribution is -2.24. The molecule has 1 atom stereocenters. The van der Waals surface area contributed by atoms with Gasteiger partial charge in [-0.1, -0.05) is 12.1 Å². The van der Waals surface area contributed by atoms with Gasteiger partial charge in [0.25, 0.3) is 5.69 Å². The van der Waals surface area contributed by atoms with Crippen molar-refractivity contribution in [2.45, 2.75) is 19.1 Å². The Hall–Kier alpha value is -2.03. The van der Waals surface area contributed by atoms with Crippen LogP contribution in [-0.2, 0) is 11.3 Å². The van der Waals surface area contributed by atoms with Gasteiger partial charge in [-0.3, -0.25) is 10.1 Å². The molecule has 1 aromatic rings. The number of carboxylic acid groups (broad SMARTS) is 1. The molecule has 0 aromatic heterocycles. The van der Waals surface area contributed by atoms with E-state index in [9.17, 15) is 20.0 Å². The van der Waals surface area contributed by atoms with Gasteiger partial charge in [0.1, 0.15) is 5.56 Å². The van der Waals surface area contributed by atoms with E-state index in [1.165, 1.54) is 19.2 Å². The van der Waals surface area contributed by atoms with Crippen molar-refractivity contribution in [2.24, 2.45) is 0 Å². The third-order valence-corrected chi connectivity index (χ3v) is 2.87. The molecule has 8 nitrogen and oxygen atoms in total. The minimum Gasteiger partial charge on any atom is -0.477 e. The number of nitrogens with one attached hydrogen (secondary N) is 1. The maximum absolute atomic E-state index is 11.2. The number of carbonyl (C=O) groups is 1. The fourth-order valence-corrected chi connectivity index (χ4v) is 1.90. The van der Waals surface area contributed by atoms with Crippen LogP contribution in [0.25, 0.3) is 0 Å². The molecule has 116 valence electrons. The monoisotopic (exact) mass is 298 g/mol. The highest BCUT2D eigenvalue weighted by Gasteiger charge is 2.22. The molecular formula is C13H18N2O6. The first kappa shape index (κ1) is 17.0. The van der Waals surface area contributed by atoms with Crippen LogP contribution in [-0.4, -0.2) is 47.5 Å². The number of nitro groups is 1. The Balaban J connectivity index is 2.69. The number of hydrogen-bond acceptors (Lipinski definition) is 6. The number of aliphatic hydroxyl groups excluding tert-OH is 1. The van der Waals surface area contributed by atoms with Crippen LogP contribution in [0.4, 0.5) is 5.69 Å². The summed E-state index contributed by atoms with van der Waals surface area (Å²) in [7, 11) is 1.49. The third-order valence-electron chi connectivity index (χ3n) is 2.87. The van der Waals surface area contributed by atoms with Gasteiger partial charge in [-0.2, -0.15) is 0 Å². The molecule has 0 saturated carbocycles. The molecule has 0 radical (unpaired) electrons. The van der Waals surface area contributed by atoms with E-state index in [2.05, 4.69) is 5.32 Å². The van der Waals surface area contributed by atoms with E-state index >= 15 is 0 Å². The standard InChI is InChI=1S/C13H18N2O6/c1-21-8-10(16)5-6-14-7-9-3-2-4-11(15(19)20)12(9)13(17)18/h2-4,10,14,16H,5-8H2,1H3,(H,17,18). The lowest BCUT2D eigenvalue weighted by molar-refractivity contribution is -0.385. The molecule has 0 spiro atoms. The van der Waals surface area contributed by atoms with Gasteiger partial charge in [-0.05, 0) is 18.5 Å². The molecule has 0 fully saturated rings. The molecule has 1 rings (SSSR count). The van der Waals surface area contributed by atoms with E-state index in [0.29, 0.717) is 18.5 Å². The van der Waals surface area contributed by atoms with Crippen molar-refractivity contribution in [3.8, 4) is 0 Å². The molecule has 0 aliphatic heterocycles. The molecule has 0 aliphatic rings. The number of methoxy groups -OCH3 is 1. The number of carboxylic acids is 1. The van der Waals surface area contributed by atoms with E-state index in [4.69, 9.17) is 9.84 Å². The van der Waals surface area contributed by atoms with Gasteiger partial charge in [0.15, 0.2) is 0 Å². The topological polar surface area (TPSA) is 122 Å². The van der Waals surface area contributed by atoms with Gasteiger partial charge in [-0.15, -0.1) is 0 Å². The number of aromatic carboxylic acids is 1. The lowest BCUT2D eigenvalue weighted by atomic mass is 10.1. The molecule has 0 bridgehead atoms. The Morgan fingerprint density at radius 3 is 2.81 bits per heavy atom. The molecular weight excluding hydrogens is 280 g/mol. The molecule has 3 N–H and O–H groups in total. The predicted molar refractivity (Wildman–Crippen MR) is 74.3 cm³/mol. The molecule has 0 aliphatic carbocycles. The number of aliphatic hydroxyl groups is 1. The van der Waals surface area contributed by atoms with Gasteiger partial charge in [-0.25, -0.2) is 4.79 Å². The van der Waals surface area contributed by atoms with Crippen molar-refractivity contribution in [3.05, 3.63) is 39.4 Å². The van der Waals surface area contributed by atoms with Crippen molar-refractivity contribution in [2.75, 3.05) is 20.3 Å². The Morgan fingerprint density at radius 2 is 2.24 bits per heavy atom. The van der Waals surface area contributed by atoms with Gasteiger partial charge in [0.05, 0.1) is 17.6 Å². The number of rotatable bonds is 9. The first-order chi connectivity index (χ1) is 9.97. The van der Waals surface area contributed by atoms with Crippen LogP contribution >= 0.6 is 0 Å². The molecule has 1 unspecified atom stereocenters. The summed E-state index contributed by atoms with van der Waals surface area (Å²) in [6.45, 7) is 0.828. The summed E-state index contributed by atoms with van der Waals surface area (Å²) in [6, 6.07) is 4.13. The maximum atomic E-state index is 11.2. The van der Waals surface area contributed by atoms with E-state index in [-0.39, 0.29) is 18.7 Å². The molecule has 0 saturated heterocycles. The molecule has 0 heterocycles. The van der Waals surface area contributed by atoms with E-state index < -0.39 is 22.7 Å². The Labute approximate surface area is 121 Å². The van der Waals surface area contributed by atoms with Crippen LogP contribution < -0.4 is 5.32 Å². The summed E-state index contributed by atoms with van der Waals surface area (Å²) >= 11 is 0. The van der Waals surface area contributed by atoms with Crippen LogP contribution in [0.5, 0.6) is 0 Å². The first-order valence-electron chi connectivity index (χ1n) is 6.34. The normalized spacial score (nSPS) is 12.1. The SMILES string of the molecule is COCC(O)CCNCc1cccc([N+](=O)[O-])c1C(=O)O. The molecule has 0 amide bonds. The van der Waals surface area contributed by atoms with Gasteiger partial charge < -0.3 is 20.3 Å². The van der Waals surface area contributed by atoms with Crippen LogP contribution in [0.3, 0.4) is 0 Å². The largest absolute Gasteiger partial charge is 0.477 e. The number of nitrogens with zero attached hydrogens (tertiary/aromatic N) is 1. The number of nitro benzene ring substituents is 1. The number of hydrogen-bond donors (Lipinski definition) is 3. The van der Waals surface area contributed by atoms with Crippen LogP contribution in [0.1, 0.15) is 22.3 Å². The van der Waals surface area contributed by atoms with Crippen molar-refractivity contribution in [1.82, 2.24) is 5.32 Å². The summed E-state index contributed by atoms with van der Waals surface area (Å²) < 4.78 is 4.78. The zero-order valence-electron chi connectivity index (χ0n) is 11.6. The smallest absolute Gasteiger partial charge is 0.343 e. The molecule has 1 aromatic carbocycles. The number of ether oxygens (including phenoxy) is 1. The van der Waals surface area contributed by atoms with Crippen molar-refractivity contribution in [1.29, 1.82) is 0 Å². The summed E-state index contributed by atoms with van der Waals surface area (Å²) in [5.41, 5.74) is -0.411. The highest BCUT2D eigenvalue weighted by molar-refractivity contribution is 5.94. The number of benzene rings is 1. The quantitative estimate of drug-likeness (QED) is 0.350. The first-order valence-corrected chi connectivity index (χ1v) is 6.34. The average Bonchev–Trinajstić information content (AvgIpc) is 2.43. The summed E-state index contributed by atoms with van der Waals surface area (Å²) in [5, 5.41) is 32.4. The zero-order chi connectivity index (χ0) is 15.8. The molecule has 8 heteroatoms. The summed E-state index contributed by atoms with van der Waals surface area (Å²) in [6.07, 6.45) is -0.169. The minimum absolute atomic E-state index is 0.170. The van der Waals surface area contributed by atoms with Crippen molar-refractivity contribution >= 4 is 11.7 Å². The van der Waals surface area contributed by atoms with Crippen LogP contribution in [0.2, 0.25) is 0 Å². The van der Waals surface area contributed by atoms with Crippen LogP contribution in [0.15, 0.2) is 18.2 Å². The van der Waals surface area contributed by atoms with Gasteiger partial charge >= 0.3 is 5.97 Å². The second-order valence-corrected chi connectivity index (χ2v) is 4.45. The van der Waals surface area contributed by atoms with Crippen molar-refractivity contribution < 1.29 is 24.7 Å². The van der Waals surface area contributed by atoms with Crippen molar-refractivity contribution in [3.63, 3.8) is 0 Å². The van der Waals surface area contributed by atoms with E-state index in [0.717, 1.165) is 6.07 Å². The van der Waals surface area contributed by atoms with Crippen LogP contribution in [0, 0.1) is 10.1 Å². The summed E-state index contributed by atoms with van der Waals surface area (Å²) in [4.78, 5) is 21.3. The summed E-state index contributed by atoms with van der Waals surface area (Å²) in [5.74, 6) is -1.33. The highest BCUT2D eigenvalue weighted by Crippen LogP contribution is 2.22. The predicted octanol–water partition coefficient (Wildman–Crippen LogP) is 0.780. The van der Waals surface area contributed by atoms with Gasteiger partial charge in [0, 0.05) is 19.7 Å². The average molecular weight is 298 g/mol. The van der Waals surface area contributed by atoms with E-state index in [1.54, 1.807) is 0 Å². The van der Waals surface area contributed by atoms with E-state index in [1.807, 2.05) is 0 Å². The fraction of sp³-hybridized carbons (Fsp3) is 0.462. The Bertz CT molecular complexity index is 505. The third kappa shape index (κ3) is 5.10. The fourth-order valence-electron chi connectivity index (χ4n) is 1.90. The minimum atomic E-state index is -1.33. The molecule has 21 heavy (non-hydrogen) atoms. The Morgan fingerprint density at radius 1 is 1.52 bits per heavy atom. The lowest BCUT2D eigenvalue weighted by Gasteiger charge is -2.11. The zero-order valence-corrected chi connectivity index (χ0v) is 11.6. The van der Waals surface area contributed by atoms with Gasteiger partial charge in [0.2, 0.25) is 0 Å². The maximum Gasteiger partial charge on any atom is 0.343 e. The second-order valence-electron chi connectivity index (χ2n) is 4.45. The highest BCUT2D eigenvalue weighted by atomic mass is 16.6. The second kappa shape index (κ2) is 8.30.